The third-order valence-electron chi connectivity index (χ3n) is 4.55. The number of fused-ring (bicyclic) bond motifs is 1. The Morgan fingerprint density at radius 1 is 1.21 bits per heavy atom. The number of nitrogens with one attached hydrogen (secondary N) is 1. The summed E-state index contributed by atoms with van der Waals surface area (Å²) in [6, 6.07) is 5.07. The first kappa shape index (κ1) is 16.3. The molecular weight excluding hydrogens is 365 g/mol. The van der Waals surface area contributed by atoms with Crippen LogP contribution in [-0.4, -0.2) is 29.1 Å². The van der Waals surface area contributed by atoms with Crippen LogP contribution in [0.3, 0.4) is 0 Å². The maximum Gasteiger partial charge on any atom is 0.264 e. The molecule has 1 saturated carbocycles. The molecule has 0 atom stereocenters. The van der Waals surface area contributed by atoms with Crippen molar-refractivity contribution in [1.29, 1.82) is 0 Å². The van der Waals surface area contributed by atoms with Crippen LogP contribution < -0.4 is 5.32 Å². The van der Waals surface area contributed by atoms with Crippen molar-refractivity contribution >= 4 is 51.7 Å². The lowest BCUT2D eigenvalue weighted by Gasteiger charge is -2.34. The first-order valence-electron chi connectivity index (χ1n) is 8.13. The standard InChI is InChI=1S/C17H17Cl2N3OS/c18-11-7-12(19)9-13(8-11)21-16(23)15-14(10-3-1-4-10)22-6-2-5-20-17(22)24-15/h7-10H,1-6H2,(H,21,23). The number of carbonyl (C=O) groups is 1. The number of anilines is 1. The molecule has 0 unspecified atom stereocenters. The van der Waals surface area contributed by atoms with Gasteiger partial charge in [0.1, 0.15) is 4.91 Å². The largest absolute Gasteiger partial charge is 0.323 e. The Labute approximate surface area is 155 Å². The SMILES string of the molecule is O=C(Nc1cc(Cl)cc(Cl)c1)C1=C(C2CCC2)N2CCCN=C2S1. The van der Waals surface area contributed by atoms with Gasteiger partial charge in [0, 0.05) is 40.4 Å². The molecule has 2 aliphatic heterocycles. The van der Waals surface area contributed by atoms with Crippen molar-refractivity contribution in [3.05, 3.63) is 38.8 Å². The van der Waals surface area contributed by atoms with Gasteiger partial charge in [0.2, 0.25) is 0 Å². The molecule has 4 nitrogen and oxygen atoms in total. The van der Waals surface area contributed by atoms with Gasteiger partial charge in [0.15, 0.2) is 5.17 Å². The van der Waals surface area contributed by atoms with E-state index in [1.807, 2.05) is 0 Å². The number of hydrogen-bond donors (Lipinski definition) is 1. The van der Waals surface area contributed by atoms with Gasteiger partial charge in [-0.2, -0.15) is 0 Å². The summed E-state index contributed by atoms with van der Waals surface area (Å²) in [6.07, 6.45) is 4.58. The van der Waals surface area contributed by atoms with Crippen LogP contribution in [0.1, 0.15) is 25.7 Å². The maximum atomic E-state index is 12.9. The highest BCUT2D eigenvalue weighted by Gasteiger charge is 2.39. The van der Waals surface area contributed by atoms with E-state index in [4.69, 9.17) is 23.2 Å². The van der Waals surface area contributed by atoms with Gasteiger partial charge in [-0.15, -0.1) is 0 Å². The average molecular weight is 382 g/mol. The van der Waals surface area contributed by atoms with E-state index in [1.165, 1.54) is 18.2 Å². The Morgan fingerprint density at radius 3 is 2.62 bits per heavy atom. The molecule has 0 saturated heterocycles. The summed E-state index contributed by atoms with van der Waals surface area (Å²) in [5, 5.41) is 4.92. The van der Waals surface area contributed by atoms with Gasteiger partial charge < -0.3 is 10.2 Å². The monoisotopic (exact) mass is 381 g/mol. The highest BCUT2D eigenvalue weighted by molar-refractivity contribution is 8.18. The molecule has 7 heteroatoms. The van der Waals surface area contributed by atoms with Gasteiger partial charge in [0.05, 0.1) is 0 Å². The Hall–Kier alpha value is -1.17. The maximum absolute atomic E-state index is 12.9. The first-order chi connectivity index (χ1) is 11.6. The van der Waals surface area contributed by atoms with E-state index < -0.39 is 0 Å². The van der Waals surface area contributed by atoms with Crippen molar-refractivity contribution in [1.82, 2.24) is 4.90 Å². The second-order valence-electron chi connectivity index (χ2n) is 6.23. The van der Waals surface area contributed by atoms with Crippen molar-refractivity contribution < 1.29 is 4.79 Å². The third kappa shape index (κ3) is 3.05. The minimum absolute atomic E-state index is 0.0997. The third-order valence-corrected chi connectivity index (χ3v) is 6.12. The van der Waals surface area contributed by atoms with Gasteiger partial charge in [-0.05, 0) is 49.2 Å². The van der Waals surface area contributed by atoms with E-state index in [-0.39, 0.29) is 5.91 Å². The molecule has 0 spiro atoms. The Balaban J connectivity index is 1.63. The van der Waals surface area contributed by atoms with Crippen LogP contribution >= 0.6 is 35.0 Å². The number of halogens is 2. The molecule has 2 heterocycles. The highest BCUT2D eigenvalue weighted by atomic mass is 35.5. The van der Waals surface area contributed by atoms with E-state index in [2.05, 4.69) is 15.2 Å². The molecule has 1 aromatic carbocycles. The highest BCUT2D eigenvalue weighted by Crippen LogP contribution is 2.46. The molecule has 1 N–H and O–H groups in total. The molecule has 0 radical (unpaired) electrons. The molecule has 0 bridgehead atoms. The topological polar surface area (TPSA) is 44.7 Å². The number of allylic oxidation sites excluding steroid dienone is 1. The van der Waals surface area contributed by atoms with E-state index in [9.17, 15) is 4.79 Å². The zero-order chi connectivity index (χ0) is 16.7. The fourth-order valence-electron chi connectivity index (χ4n) is 3.23. The summed E-state index contributed by atoms with van der Waals surface area (Å²) < 4.78 is 0. The van der Waals surface area contributed by atoms with Gasteiger partial charge in [-0.1, -0.05) is 29.6 Å². The van der Waals surface area contributed by atoms with E-state index in [1.54, 1.807) is 18.2 Å². The number of amides is 1. The van der Waals surface area contributed by atoms with E-state index in [0.29, 0.717) is 21.7 Å². The molecule has 126 valence electrons. The lowest BCUT2D eigenvalue weighted by molar-refractivity contribution is -0.112. The van der Waals surface area contributed by atoms with Crippen LogP contribution in [0, 0.1) is 5.92 Å². The molecule has 1 aromatic rings. The zero-order valence-electron chi connectivity index (χ0n) is 13.0. The second kappa shape index (κ2) is 6.62. The summed E-state index contributed by atoms with van der Waals surface area (Å²) in [4.78, 5) is 20.5. The average Bonchev–Trinajstić information content (AvgIpc) is 2.84. The van der Waals surface area contributed by atoms with Crippen LogP contribution in [-0.2, 0) is 4.79 Å². The van der Waals surface area contributed by atoms with Gasteiger partial charge in [0.25, 0.3) is 5.91 Å². The molecule has 4 rings (SSSR count). The summed E-state index contributed by atoms with van der Waals surface area (Å²) in [7, 11) is 0. The van der Waals surface area contributed by atoms with Crippen molar-refractivity contribution in [2.45, 2.75) is 25.7 Å². The smallest absolute Gasteiger partial charge is 0.264 e. The number of benzene rings is 1. The summed E-state index contributed by atoms with van der Waals surface area (Å²) >= 11 is 13.5. The molecule has 3 aliphatic rings. The lowest BCUT2D eigenvalue weighted by Crippen LogP contribution is -2.34. The fourth-order valence-corrected chi connectivity index (χ4v) is 4.91. The van der Waals surface area contributed by atoms with Crippen LogP contribution in [0.4, 0.5) is 5.69 Å². The Kier molecular flexibility index (Phi) is 4.50. The van der Waals surface area contributed by atoms with Crippen LogP contribution in [0.25, 0.3) is 0 Å². The number of aliphatic imine (C=N–C) groups is 1. The number of nitrogens with zero attached hydrogens (tertiary/aromatic N) is 2. The number of rotatable bonds is 3. The van der Waals surface area contributed by atoms with Crippen molar-refractivity contribution in [3.8, 4) is 0 Å². The molecule has 24 heavy (non-hydrogen) atoms. The fraction of sp³-hybridized carbons (Fsp3) is 0.412. The molecule has 0 aromatic heterocycles. The van der Waals surface area contributed by atoms with Gasteiger partial charge >= 0.3 is 0 Å². The molecular formula is C17H17Cl2N3OS. The number of hydrogen-bond acceptors (Lipinski definition) is 4. The number of carbonyl (C=O) groups excluding carboxylic acids is 1. The molecule has 1 aliphatic carbocycles. The van der Waals surface area contributed by atoms with E-state index >= 15 is 0 Å². The van der Waals surface area contributed by atoms with Crippen molar-refractivity contribution in [3.63, 3.8) is 0 Å². The summed E-state index contributed by atoms with van der Waals surface area (Å²) in [5.74, 6) is 0.379. The lowest BCUT2D eigenvalue weighted by atomic mass is 9.82. The summed E-state index contributed by atoms with van der Waals surface area (Å²) in [5.41, 5.74) is 1.78. The number of thioether (sulfide) groups is 1. The van der Waals surface area contributed by atoms with Crippen LogP contribution in [0.15, 0.2) is 33.8 Å². The van der Waals surface area contributed by atoms with Crippen molar-refractivity contribution in [2.75, 3.05) is 18.4 Å². The van der Waals surface area contributed by atoms with Gasteiger partial charge in [-0.25, -0.2) is 0 Å². The first-order valence-corrected chi connectivity index (χ1v) is 9.70. The van der Waals surface area contributed by atoms with Crippen molar-refractivity contribution in [2.24, 2.45) is 10.9 Å². The Morgan fingerprint density at radius 2 is 1.96 bits per heavy atom. The van der Waals surface area contributed by atoms with Crippen LogP contribution in [0.5, 0.6) is 0 Å². The minimum atomic E-state index is -0.0997. The summed E-state index contributed by atoms with van der Waals surface area (Å²) in [6.45, 7) is 1.80. The normalized spacial score (nSPS) is 20.6. The van der Waals surface area contributed by atoms with Crippen LogP contribution in [0.2, 0.25) is 10.0 Å². The predicted octanol–water partition coefficient (Wildman–Crippen LogP) is 4.75. The Bertz CT molecular complexity index is 738. The zero-order valence-corrected chi connectivity index (χ0v) is 15.3. The minimum Gasteiger partial charge on any atom is -0.323 e. The molecule has 1 fully saturated rings. The second-order valence-corrected chi connectivity index (χ2v) is 8.08. The molecule has 1 amide bonds. The van der Waals surface area contributed by atoms with E-state index in [0.717, 1.165) is 48.1 Å². The quantitative estimate of drug-likeness (QED) is 0.821. The van der Waals surface area contributed by atoms with Gasteiger partial charge in [-0.3, -0.25) is 9.79 Å². The number of amidine groups is 1. The predicted molar refractivity (Wildman–Crippen MR) is 101 cm³/mol.